The van der Waals surface area contributed by atoms with Crippen LogP contribution in [0.1, 0.15) is 43.8 Å². The number of hydrogen-bond acceptors (Lipinski definition) is 6. The summed E-state index contributed by atoms with van der Waals surface area (Å²) in [7, 11) is 1.67. The van der Waals surface area contributed by atoms with Gasteiger partial charge in [0, 0.05) is 12.7 Å². The minimum absolute atomic E-state index is 0.269. The van der Waals surface area contributed by atoms with E-state index in [1.807, 2.05) is 42.6 Å². The number of ether oxygens (including phenoxy) is 2. The number of methoxy groups -OCH3 is 1. The van der Waals surface area contributed by atoms with Gasteiger partial charge in [0.1, 0.15) is 17.1 Å². The molecular formula is C25H29N5O2. The van der Waals surface area contributed by atoms with E-state index >= 15 is 0 Å². The molecule has 0 saturated heterocycles. The van der Waals surface area contributed by atoms with Crippen LogP contribution in [0.4, 0.5) is 5.69 Å². The van der Waals surface area contributed by atoms with Gasteiger partial charge in [0.05, 0.1) is 36.4 Å². The molecule has 0 aliphatic carbocycles. The van der Waals surface area contributed by atoms with E-state index in [1.165, 1.54) is 0 Å². The quantitative estimate of drug-likeness (QED) is 0.411. The van der Waals surface area contributed by atoms with Crippen LogP contribution in [0.15, 0.2) is 48.7 Å². The fourth-order valence-corrected chi connectivity index (χ4v) is 3.71. The summed E-state index contributed by atoms with van der Waals surface area (Å²) in [5.41, 5.74) is 5.78. The van der Waals surface area contributed by atoms with Crippen LogP contribution in [-0.4, -0.2) is 33.3 Å². The SMILES string of the molecule is CCOc1ncccc1-c1cc(NCc2ccc(OC)cc2)c2c(C(C)C)nc(C)n2n1. The summed E-state index contributed by atoms with van der Waals surface area (Å²) in [6.07, 6.45) is 1.73. The van der Waals surface area contributed by atoms with Gasteiger partial charge < -0.3 is 14.8 Å². The van der Waals surface area contributed by atoms with Crippen LogP contribution in [0, 0.1) is 6.92 Å². The second-order valence-corrected chi connectivity index (χ2v) is 7.89. The zero-order valence-electron chi connectivity index (χ0n) is 19.2. The molecule has 0 bridgehead atoms. The number of anilines is 1. The van der Waals surface area contributed by atoms with Gasteiger partial charge in [-0.3, -0.25) is 0 Å². The minimum atomic E-state index is 0.269. The summed E-state index contributed by atoms with van der Waals surface area (Å²) in [5.74, 6) is 2.53. The summed E-state index contributed by atoms with van der Waals surface area (Å²) in [6.45, 7) is 9.43. The van der Waals surface area contributed by atoms with Crippen molar-refractivity contribution >= 4 is 11.2 Å². The van der Waals surface area contributed by atoms with Crippen LogP contribution in [0.5, 0.6) is 11.6 Å². The van der Waals surface area contributed by atoms with Gasteiger partial charge in [0.2, 0.25) is 5.88 Å². The minimum Gasteiger partial charge on any atom is -0.497 e. The predicted molar refractivity (Wildman–Crippen MR) is 127 cm³/mol. The molecular weight excluding hydrogens is 402 g/mol. The van der Waals surface area contributed by atoms with E-state index in [-0.39, 0.29) is 5.92 Å². The van der Waals surface area contributed by atoms with Crippen LogP contribution < -0.4 is 14.8 Å². The van der Waals surface area contributed by atoms with Crippen molar-refractivity contribution < 1.29 is 9.47 Å². The van der Waals surface area contributed by atoms with Gasteiger partial charge in [-0.25, -0.2) is 14.5 Å². The number of benzene rings is 1. The number of fused-ring (bicyclic) bond motifs is 1. The Kier molecular flexibility index (Phi) is 6.25. The maximum atomic E-state index is 5.76. The van der Waals surface area contributed by atoms with Crippen molar-refractivity contribution in [3.8, 4) is 22.9 Å². The highest BCUT2D eigenvalue weighted by Gasteiger charge is 2.19. The normalized spacial score (nSPS) is 11.2. The van der Waals surface area contributed by atoms with Gasteiger partial charge in [-0.05, 0) is 55.7 Å². The first kappa shape index (κ1) is 21.6. The molecule has 3 heterocycles. The molecule has 1 N–H and O–H groups in total. The maximum Gasteiger partial charge on any atom is 0.222 e. The van der Waals surface area contributed by atoms with Crippen molar-refractivity contribution in [2.75, 3.05) is 19.0 Å². The first-order valence-electron chi connectivity index (χ1n) is 10.9. The highest BCUT2D eigenvalue weighted by Crippen LogP contribution is 2.33. The second kappa shape index (κ2) is 9.26. The third kappa shape index (κ3) is 4.23. The number of aromatic nitrogens is 4. The number of aryl methyl sites for hydroxylation is 1. The monoisotopic (exact) mass is 431 g/mol. The molecule has 0 amide bonds. The molecule has 0 fully saturated rings. The number of rotatable bonds is 8. The number of nitrogens with one attached hydrogen (secondary N) is 1. The summed E-state index contributed by atoms with van der Waals surface area (Å²) in [5, 5.41) is 8.52. The van der Waals surface area contributed by atoms with Crippen LogP contribution in [0.3, 0.4) is 0 Å². The molecule has 0 atom stereocenters. The smallest absolute Gasteiger partial charge is 0.222 e. The van der Waals surface area contributed by atoms with Crippen molar-refractivity contribution in [2.45, 2.75) is 40.2 Å². The van der Waals surface area contributed by atoms with Gasteiger partial charge in [-0.2, -0.15) is 5.10 Å². The lowest BCUT2D eigenvalue weighted by Crippen LogP contribution is -2.06. The Labute approximate surface area is 188 Å². The van der Waals surface area contributed by atoms with Crippen molar-refractivity contribution in [3.05, 3.63) is 65.7 Å². The molecule has 3 aromatic heterocycles. The van der Waals surface area contributed by atoms with E-state index in [1.54, 1.807) is 13.3 Å². The van der Waals surface area contributed by atoms with Crippen LogP contribution in [0.25, 0.3) is 16.8 Å². The van der Waals surface area contributed by atoms with Crippen LogP contribution in [0.2, 0.25) is 0 Å². The number of nitrogens with zero attached hydrogens (tertiary/aromatic N) is 4. The summed E-state index contributed by atoms with van der Waals surface area (Å²) in [4.78, 5) is 9.22. The van der Waals surface area contributed by atoms with E-state index in [0.717, 1.165) is 45.3 Å². The van der Waals surface area contributed by atoms with Gasteiger partial charge in [-0.1, -0.05) is 26.0 Å². The first-order chi connectivity index (χ1) is 15.5. The molecule has 7 nitrogen and oxygen atoms in total. The fourth-order valence-electron chi connectivity index (χ4n) is 3.71. The molecule has 4 rings (SSSR count). The third-order valence-electron chi connectivity index (χ3n) is 5.30. The molecule has 32 heavy (non-hydrogen) atoms. The highest BCUT2D eigenvalue weighted by atomic mass is 16.5. The van der Waals surface area contributed by atoms with Gasteiger partial charge in [-0.15, -0.1) is 0 Å². The van der Waals surface area contributed by atoms with E-state index in [2.05, 4.69) is 42.3 Å². The number of pyridine rings is 1. The Hall–Kier alpha value is -3.61. The van der Waals surface area contributed by atoms with Crippen molar-refractivity contribution in [1.82, 2.24) is 19.6 Å². The van der Waals surface area contributed by atoms with Crippen molar-refractivity contribution in [2.24, 2.45) is 0 Å². The Morgan fingerprint density at radius 3 is 2.59 bits per heavy atom. The van der Waals surface area contributed by atoms with Crippen LogP contribution >= 0.6 is 0 Å². The summed E-state index contributed by atoms with van der Waals surface area (Å²) >= 11 is 0. The fraction of sp³-hybridized carbons (Fsp3) is 0.320. The third-order valence-corrected chi connectivity index (χ3v) is 5.30. The van der Waals surface area contributed by atoms with E-state index in [0.29, 0.717) is 19.0 Å². The largest absolute Gasteiger partial charge is 0.497 e. The first-order valence-corrected chi connectivity index (χ1v) is 10.9. The summed E-state index contributed by atoms with van der Waals surface area (Å²) in [6, 6.07) is 14.0. The number of hydrogen-bond donors (Lipinski definition) is 1. The Bertz CT molecular complexity index is 1220. The molecule has 7 heteroatoms. The lowest BCUT2D eigenvalue weighted by atomic mass is 10.1. The summed E-state index contributed by atoms with van der Waals surface area (Å²) < 4.78 is 13.0. The molecule has 0 aliphatic heterocycles. The van der Waals surface area contributed by atoms with Gasteiger partial charge in [0.15, 0.2) is 0 Å². The van der Waals surface area contributed by atoms with Crippen molar-refractivity contribution in [1.29, 1.82) is 0 Å². The van der Waals surface area contributed by atoms with E-state index in [9.17, 15) is 0 Å². The molecule has 0 aliphatic rings. The zero-order chi connectivity index (χ0) is 22.7. The molecule has 166 valence electrons. The zero-order valence-corrected chi connectivity index (χ0v) is 19.2. The molecule has 4 aromatic rings. The van der Waals surface area contributed by atoms with E-state index < -0.39 is 0 Å². The maximum absolute atomic E-state index is 5.76. The number of imidazole rings is 1. The topological polar surface area (TPSA) is 73.6 Å². The lowest BCUT2D eigenvalue weighted by molar-refractivity contribution is 0.328. The molecule has 0 unspecified atom stereocenters. The Morgan fingerprint density at radius 1 is 1.12 bits per heavy atom. The molecule has 1 aromatic carbocycles. The lowest BCUT2D eigenvalue weighted by Gasteiger charge is -2.14. The molecule has 0 radical (unpaired) electrons. The standard InChI is InChI=1S/C25H29N5O2/c1-6-32-25-20(8-7-13-26-25)21-14-22(27-15-18-9-11-19(31-5)12-10-18)24-23(16(2)3)28-17(4)30(24)29-21/h7-14,16,27H,6,15H2,1-5H3. The second-order valence-electron chi connectivity index (χ2n) is 7.89. The average molecular weight is 432 g/mol. The van der Waals surface area contributed by atoms with Crippen molar-refractivity contribution in [3.63, 3.8) is 0 Å². The van der Waals surface area contributed by atoms with Crippen LogP contribution in [-0.2, 0) is 6.54 Å². The van der Waals surface area contributed by atoms with Gasteiger partial charge in [0.25, 0.3) is 0 Å². The van der Waals surface area contributed by atoms with E-state index in [4.69, 9.17) is 19.6 Å². The molecule has 0 saturated carbocycles. The Balaban J connectivity index is 1.81. The predicted octanol–water partition coefficient (Wildman–Crippen LogP) is 5.24. The van der Waals surface area contributed by atoms with Gasteiger partial charge >= 0.3 is 0 Å². The average Bonchev–Trinajstić information content (AvgIpc) is 3.15. The molecule has 0 spiro atoms. The highest BCUT2D eigenvalue weighted by molar-refractivity contribution is 5.80. The Morgan fingerprint density at radius 2 is 1.91 bits per heavy atom.